The van der Waals surface area contributed by atoms with Gasteiger partial charge in [-0.1, -0.05) is 24.3 Å². The van der Waals surface area contributed by atoms with Crippen LogP contribution >= 0.6 is 0 Å². The lowest BCUT2D eigenvalue weighted by molar-refractivity contribution is -0.119. The third kappa shape index (κ3) is 5.25. The second-order valence-electron chi connectivity index (χ2n) is 6.88. The van der Waals surface area contributed by atoms with E-state index in [-0.39, 0.29) is 12.5 Å². The Morgan fingerprint density at radius 1 is 1.07 bits per heavy atom. The molecule has 1 heterocycles. The van der Waals surface area contributed by atoms with Crippen LogP contribution in [0.15, 0.2) is 53.6 Å². The first-order chi connectivity index (χ1) is 13.7. The summed E-state index contributed by atoms with van der Waals surface area (Å²) in [6.07, 6.45) is 3.85. The van der Waals surface area contributed by atoms with Gasteiger partial charge >= 0.3 is 0 Å². The number of methoxy groups -OCH3 is 1. The zero-order valence-electron chi connectivity index (χ0n) is 16.6. The first-order valence-corrected chi connectivity index (χ1v) is 9.73. The number of anilines is 2. The fourth-order valence-corrected chi connectivity index (χ4v) is 3.28. The Hall–Kier alpha value is -3.02. The lowest BCUT2D eigenvalue weighted by Gasteiger charge is -2.28. The molecule has 2 N–H and O–H groups in total. The number of benzene rings is 2. The van der Waals surface area contributed by atoms with Crippen molar-refractivity contribution in [1.82, 2.24) is 5.43 Å². The second-order valence-corrected chi connectivity index (χ2v) is 6.88. The number of hydrogen-bond donors (Lipinski definition) is 2. The van der Waals surface area contributed by atoms with E-state index in [4.69, 9.17) is 4.74 Å². The van der Waals surface area contributed by atoms with Gasteiger partial charge in [-0.15, -0.1) is 0 Å². The van der Waals surface area contributed by atoms with Crippen LogP contribution in [0.5, 0.6) is 5.75 Å². The third-order valence-electron chi connectivity index (χ3n) is 4.90. The zero-order valence-corrected chi connectivity index (χ0v) is 16.6. The highest BCUT2D eigenvalue weighted by Gasteiger charge is 2.11. The molecule has 1 aliphatic rings. The molecule has 1 fully saturated rings. The van der Waals surface area contributed by atoms with Gasteiger partial charge in [0.2, 0.25) is 0 Å². The fraction of sp³-hybridized carbons (Fsp3) is 0.364. The van der Waals surface area contributed by atoms with Gasteiger partial charge in [-0.3, -0.25) is 4.79 Å². The predicted molar refractivity (Wildman–Crippen MR) is 114 cm³/mol. The molecule has 1 aliphatic heterocycles. The van der Waals surface area contributed by atoms with Gasteiger partial charge in [0.1, 0.15) is 5.75 Å². The van der Waals surface area contributed by atoms with Crippen LogP contribution in [-0.2, 0) is 4.79 Å². The first kappa shape index (κ1) is 19.7. The van der Waals surface area contributed by atoms with Crippen molar-refractivity contribution in [3.63, 3.8) is 0 Å². The van der Waals surface area contributed by atoms with Crippen molar-refractivity contribution in [1.29, 1.82) is 0 Å². The number of nitrogens with zero attached hydrogens (tertiary/aromatic N) is 2. The van der Waals surface area contributed by atoms with Crippen LogP contribution in [0.4, 0.5) is 11.4 Å². The maximum atomic E-state index is 12.1. The molecule has 2 aromatic rings. The normalized spacial score (nSPS) is 14.5. The van der Waals surface area contributed by atoms with Crippen LogP contribution in [-0.4, -0.2) is 38.4 Å². The van der Waals surface area contributed by atoms with E-state index in [1.165, 1.54) is 24.9 Å². The molecule has 6 nitrogen and oxygen atoms in total. The Kier molecular flexibility index (Phi) is 6.89. The van der Waals surface area contributed by atoms with Crippen LogP contribution in [0.1, 0.15) is 31.7 Å². The summed E-state index contributed by atoms with van der Waals surface area (Å²) >= 11 is 0. The molecular formula is C22H28N4O2. The van der Waals surface area contributed by atoms with Gasteiger partial charge in [-0.05, 0) is 56.0 Å². The predicted octanol–water partition coefficient (Wildman–Crippen LogP) is 3.64. The lowest BCUT2D eigenvalue weighted by Crippen LogP contribution is -2.29. The van der Waals surface area contributed by atoms with E-state index in [1.54, 1.807) is 7.11 Å². The van der Waals surface area contributed by atoms with Crippen LogP contribution < -0.4 is 20.4 Å². The largest absolute Gasteiger partial charge is 0.495 e. The number of para-hydroxylation sites is 2. The Labute approximate surface area is 166 Å². The van der Waals surface area contributed by atoms with Gasteiger partial charge in [0.15, 0.2) is 0 Å². The van der Waals surface area contributed by atoms with E-state index in [2.05, 4.69) is 45.0 Å². The van der Waals surface area contributed by atoms with Crippen molar-refractivity contribution < 1.29 is 9.53 Å². The Bertz CT molecular complexity index is 812. The van der Waals surface area contributed by atoms with Crippen molar-refractivity contribution in [2.75, 3.05) is 37.0 Å². The van der Waals surface area contributed by atoms with Gasteiger partial charge in [0.25, 0.3) is 5.91 Å². The number of nitrogens with one attached hydrogen (secondary N) is 2. The number of carbonyl (C=O) groups excluding carboxylic acids is 1. The third-order valence-corrected chi connectivity index (χ3v) is 4.90. The highest BCUT2D eigenvalue weighted by Crippen LogP contribution is 2.22. The average Bonchev–Trinajstić information content (AvgIpc) is 2.77. The van der Waals surface area contributed by atoms with E-state index < -0.39 is 0 Å². The van der Waals surface area contributed by atoms with Crippen molar-refractivity contribution in [2.24, 2.45) is 5.10 Å². The second kappa shape index (κ2) is 9.78. The highest BCUT2D eigenvalue weighted by molar-refractivity contribution is 5.99. The summed E-state index contributed by atoms with van der Waals surface area (Å²) in [5.74, 6) is 0.485. The fourth-order valence-electron chi connectivity index (χ4n) is 3.28. The molecule has 0 saturated carbocycles. The van der Waals surface area contributed by atoms with E-state index in [1.807, 2.05) is 31.2 Å². The molecule has 0 aliphatic carbocycles. The quantitative estimate of drug-likeness (QED) is 0.569. The lowest BCUT2D eigenvalue weighted by atomic mass is 10.1. The summed E-state index contributed by atoms with van der Waals surface area (Å²) in [4.78, 5) is 14.5. The maximum absolute atomic E-state index is 12.1. The molecule has 28 heavy (non-hydrogen) atoms. The molecule has 148 valence electrons. The molecular weight excluding hydrogens is 352 g/mol. The number of hydrazone groups is 1. The summed E-state index contributed by atoms with van der Waals surface area (Å²) < 4.78 is 5.26. The Morgan fingerprint density at radius 3 is 2.50 bits per heavy atom. The molecule has 0 radical (unpaired) electrons. The molecule has 0 unspecified atom stereocenters. The minimum atomic E-state index is -0.213. The zero-order chi connectivity index (χ0) is 19.8. The number of amides is 1. The van der Waals surface area contributed by atoms with Gasteiger partial charge in [0, 0.05) is 18.8 Å². The van der Waals surface area contributed by atoms with Gasteiger partial charge in [0.05, 0.1) is 25.1 Å². The monoisotopic (exact) mass is 380 g/mol. The Morgan fingerprint density at radius 2 is 1.79 bits per heavy atom. The maximum Gasteiger partial charge on any atom is 0.259 e. The number of piperidine rings is 1. The Balaban J connectivity index is 1.52. The molecule has 1 saturated heterocycles. The summed E-state index contributed by atoms with van der Waals surface area (Å²) in [5.41, 5.74) is 6.40. The number of rotatable bonds is 7. The summed E-state index contributed by atoms with van der Waals surface area (Å²) in [5, 5.41) is 7.28. The number of ether oxygens (including phenoxy) is 1. The molecule has 0 spiro atoms. The molecule has 1 amide bonds. The summed E-state index contributed by atoms with van der Waals surface area (Å²) in [6, 6.07) is 15.9. The van der Waals surface area contributed by atoms with E-state index in [0.29, 0.717) is 5.75 Å². The summed E-state index contributed by atoms with van der Waals surface area (Å²) in [6.45, 7) is 4.26. The van der Waals surface area contributed by atoms with Crippen molar-refractivity contribution in [3.8, 4) is 5.75 Å². The topological polar surface area (TPSA) is 66.0 Å². The number of carbonyl (C=O) groups is 1. The number of hydrogen-bond acceptors (Lipinski definition) is 5. The summed E-state index contributed by atoms with van der Waals surface area (Å²) in [7, 11) is 1.60. The smallest absolute Gasteiger partial charge is 0.259 e. The van der Waals surface area contributed by atoms with Gasteiger partial charge in [-0.2, -0.15) is 5.10 Å². The molecule has 3 rings (SSSR count). The van der Waals surface area contributed by atoms with Crippen molar-refractivity contribution >= 4 is 23.0 Å². The molecule has 0 aromatic heterocycles. The molecule has 0 atom stereocenters. The molecule has 2 aromatic carbocycles. The van der Waals surface area contributed by atoms with Crippen LogP contribution in [0.3, 0.4) is 0 Å². The van der Waals surface area contributed by atoms with Crippen molar-refractivity contribution in [2.45, 2.75) is 26.2 Å². The van der Waals surface area contributed by atoms with Crippen LogP contribution in [0.25, 0.3) is 0 Å². The van der Waals surface area contributed by atoms with Gasteiger partial charge < -0.3 is 15.0 Å². The minimum absolute atomic E-state index is 0.116. The standard InChI is InChI=1S/C22H28N4O2/c1-17(18-10-12-19(13-11-18)26-14-6-3-7-15-26)24-25-22(27)16-23-20-8-4-5-9-21(20)28-2/h4-5,8-13,23H,3,6-7,14-16H2,1-2H3,(H,25,27)/b24-17-. The SMILES string of the molecule is COc1ccccc1NCC(=O)N/N=C(/C)c1ccc(N2CCCCC2)cc1. The first-order valence-electron chi connectivity index (χ1n) is 9.73. The average molecular weight is 380 g/mol. The van der Waals surface area contributed by atoms with Crippen LogP contribution in [0, 0.1) is 0 Å². The molecule has 6 heteroatoms. The molecule has 0 bridgehead atoms. The van der Waals surface area contributed by atoms with Gasteiger partial charge in [-0.25, -0.2) is 5.43 Å². The highest BCUT2D eigenvalue weighted by atomic mass is 16.5. The van der Waals surface area contributed by atoms with E-state index in [9.17, 15) is 4.79 Å². The van der Waals surface area contributed by atoms with E-state index >= 15 is 0 Å². The van der Waals surface area contributed by atoms with Crippen LogP contribution in [0.2, 0.25) is 0 Å². The minimum Gasteiger partial charge on any atom is -0.495 e. The van der Waals surface area contributed by atoms with E-state index in [0.717, 1.165) is 30.1 Å². The van der Waals surface area contributed by atoms with Crippen molar-refractivity contribution in [3.05, 3.63) is 54.1 Å².